The van der Waals surface area contributed by atoms with Gasteiger partial charge in [0.25, 0.3) is 5.91 Å². The number of nitriles is 1. The van der Waals surface area contributed by atoms with Crippen molar-refractivity contribution in [1.82, 2.24) is 9.88 Å². The largest absolute Gasteiger partial charge is 0.452 e. The summed E-state index contributed by atoms with van der Waals surface area (Å²) in [4.78, 5) is 33.0. The highest BCUT2D eigenvalue weighted by Gasteiger charge is 2.39. The number of esters is 1. The third kappa shape index (κ3) is 4.05. The fraction of sp³-hybridized carbons (Fsp3) is 0.600. The molecule has 144 valence electrons. The number of nitrogens with zero attached hydrogens (tertiary/aromatic N) is 4. The molecule has 1 saturated heterocycles. The normalized spacial score (nSPS) is 18.6. The summed E-state index contributed by atoms with van der Waals surface area (Å²) in [7, 11) is 1.63. The van der Waals surface area contributed by atoms with E-state index in [2.05, 4.69) is 16.0 Å². The van der Waals surface area contributed by atoms with Gasteiger partial charge in [-0.15, -0.1) is 0 Å². The third-order valence-electron chi connectivity index (χ3n) is 5.64. The fourth-order valence-corrected chi connectivity index (χ4v) is 3.94. The Bertz CT molecular complexity index is 731. The molecule has 7 heteroatoms. The molecule has 1 aliphatic carbocycles. The van der Waals surface area contributed by atoms with Crippen LogP contribution in [0.1, 0.15) is 55.3 Å². The highest BCUT2D eigenvalue weighted by Crippen LogP contribution is 2.32. The Labute approximate surface area is 159 Å². The van der Waals surface area contributed by atoms with Crippen molar-refractivity contribution in [3.8, 4) is 6.07 Å². The van der Waals surface area contributed by atoms with E-state index in [1.165, 1.54) is 4.90 Å². The number of anilines is 1. The number of hydrogen-bond acceptors (Lipinski definition) is 6. The molecule has 0 bridgehead atoms. The highest BCUT2D eigenvalue weighted by atomic mass is 16.5. The molecule has 0 aromatic carbocycles. The summed E-state index contributed by atoms with van der Waals surface area (Å²) in [5.74, 6) is -0.290. The summed E-state index contributed by atoms with van der Waals surface area (Å²) in [5.41, 5.74) is -0.404. The topological polar surface area (TPSA) is 86.5 Å². The Morgan fingerprint density at radius 1 is 1.26 bits per heavy atom. The Morgan fingerprint density at radius 3 is 2.63 bits per heavy atom. The van der Waals surface area contributed by atoms with Crippen LogP contribution < -0.4 is 4.90 Å². The molecule has 1 aromatic heterocycles. The lowest BCUT2D eigenvalue weighted by atomic mass is 9.81. The van der Waals surface area contributed by atoms with Crippen LogP contribution in [-0.4, -0.2) is 54.0 Å². The Morgan fingerprint density at radius 2 is 1.96 bits per heavy atom. The number of rotatable bonds is 5. The van der Waals surface area contributed by atoms with E-state index < -0.39 is 11.5 Å². The van der Waals surface area contributed by atoms with E-state index in [-0.39, 0.29) is 12.5 Å². The first kappa shape index (κ1) is 19.2. The van der Waals surface area contributed by atoms with E-state index in [9.17, 15) is 14.9 Å². The monoisotopic (exact) mass is 370 g/mol. The molecule has 0 radical (unpaired) electrons. The van der Waals surface area contributed by atoms with Gasteiger partial charge in [-0.05, 0) is 37.8 Å². The van der Waals surface area contributed by atoms with Crippen LogP contribution in [0.3, 0.4) is 0 Å². The number of ether oxygens (including phenoxy) is 1. The first-order valence-corrected chi connectivity index (χ1v) is 9.62. The zero-order valence-corrected chi connectivity index (χ0v) is 15.8. The third-order valence-corrected chi connectivity index (χ3v) is 5.64. The van der Waals surface area contributed by atoms with Gasteiger partial charge in [-0.3, -0.25) is 4.79 Å². The van der Waals surface area contributed by atoms with Crippen molar-refractivity contribution >= 4 is 17.7 Å². The van der Waals surface area contributed by atoms with Crippen molar-refractivity contribution in [1.29, 1.82) is 5.26 Å². The number of pyridine rings is 1. The van der Waals surface area contributed by atoms with Gasteiger partial charge in [-0.25, -0.2) is 9.78 Å². The van der Waals surface area contributed by atoms with Crippen molar-refractivity contribution in [2.45, 2.75) is 50.5 Å². The SMILES string of the molecule is CN(C(=O)COC(=O)c1cccnc1N1CCCC1)C1(C#N)CCCCC1. The molecule has 0 spiro atoms. The lowest BCUT2D eigenvalue weighted by molar-refractivity contribution is -0.138. The van der Waals surface area contributed by atoms with Gasteiger partial charge in [0.2, 0.25) is 0 Å². The molecule has 2 aliphatic rings. The quantitative estimate of drug-likeness (QED) is 0.740. The first-order valence-electron chi connectivity index (χ1n) is 9.62. The van der Waals surface area contributed by atoms with Crippen molar-refractivity contribution in [3.05, 3.63) is 23.9 Å². The maximum absolute atomic E-state index is 12.6. The minimum atomic E-state index is -0.781. The Balaban J connectivity index is 1.64. The molecule has 2 fully saturated rings. The second kappa shape index (κ2) is 8.38. The zero-order valence-electron chi connectivity index (χ0n) is 15.8. The Kier molecular flexibility index (Phi) is 5.94. The van der Waals surface area contributed by atoms with Gasteiger partial charge in [0.1, 0.15) is 16.9 Å². The molecule has 1 saturated carbocycles. The summed E-state index contributed by atoms with van der Waals surface area (Å²) < 4.78 is 5.29. The van der Waals surface area contributed by atoms with Gasteiger partial charge in [0.05, 0.1) is 6.07 Å². The van der Waals surface area contributed by atoms with Crippen molar-refractivity contribution in [3.63, 3.8) is 0 Å². The van der Waals surface area contributed by atoms with Gasteiger partial charge >= 0.3 is 5.97 Å². The van der Waals surface area contributed by atoms with Gasteiger partial charge in [-0.2, -0.15) is 5.26 Å². The molecule has 1 amide bonds. The summed E-state index contributed by atoms with van der Waals surface area (Å²) in [5, 5.41) is 9.61. The smallest absolute Gasteiger partial charge is 0.342 e. The van der Waals surface area contributed by atoms with E-state index in [0.29, 0.717) is 24.2 Å². The number of carbonyl (C=O) groups excluding carboxylic acids is 2. The molecule has 2 heterocycles. The number of carbonyl (C=O) groups is 2. The van der Waals surface area contributed by atoms with Crippen LogP contribution in [0.5, 0.6) is 0 Å². The highest BCUT2D eigenvalue weighted by molar-refractivity contribution is 5.96. The van der Waals surface area contributed by atoms with Crippen LogP contribution in [0.25, 0.3) is 0 Å². The first-order chi connectivity index (χ1) is 13.1. The van der Waals surface area contributed by atoms with Crippen LogP contribution in [0, 0.1) is 11.3 Å². The van der Waals surface area contributed by atoms with Crippen molar-refractivity contribution < 1.29 is 14.3 Å². The lowest BCUT2D eigenvalue weighted by Gasteiger charge is -2.38. The zero-order chi connectivity index (χ0) is 19.3. The number of likely N-dealkylation sites (N-methyl/N-ethyl adjacent to an activating group) is 1. The predicted octanol–water partition coefficient (Wildman–Crippen LogP) is 2.52. The molecule has 0 unspecified atom stereocenters. The van der Waals surface area contributed by atoms with Gasteiger partial charge in [0.15, 0.2) is 6.61 Å². The van der Waals surface area contributed by atoms with Crippen LogP contribution in [0.4, 0.5) is 5.82 Å². The average Bonchev–Trinajstić information content (AvgIpc) is 3.26. The molecular formula is C20H26N4O3. The standard InChI is InChI=1S/C20H26N4O3/c1-23(20(15-21)9-3-2-4-10-20)17(25)14-27-19(26)16-8-7-11-22-18(16)24-12-5-6-13-24/h7-8,11H,2-6,9-10,12-14H2,1H3. The Hall–Kier alpha value is -2.62. The predicted molar refractivity (Wildman–Crippen MR) is 100 cm³/mol. The van der Waals surface area contributed by atoms with Gasteiger partial charge in [0, 0.05) is 26.3 Å². The summed E-state index contributed by atoms with van der Waals surface area (Å²) in [6.07, 6.45) is 8.08. The maximum Gasteiger partial charge on any atom is 0.342 e. The van der Waals surface area contributed by atoms with Crippen molar-refractivity contribution in [2.24, 2.45) is 0 Å². The summed E-state index contributed by atoms with van der Waals surface area (Å²) >= 11 is 0. The molecular weight excluding hydrogens is 344 g/mol. The second-order valence-electron chi connectivity index (χ2n) is 7.30. The van der Waals surface area contributed by atoms with E-state index in [1.54, 1.807) is 25.4 Å². The second-order valence-corrected chi connectivity index (χ2v) is 7.30. The molecule has 27 heavy (non-hydrogen) atoms. The van der Waals surface area contributed by atoms with E-state index in [0.717, 1.165) is 45.2 Å². The van der Waals surface area contributed by atoms with Gasteiger partial charge in [-0.1, -0.05) is 19.3 Å². The number of amides is 1. The minimum absolute atomic E-state index is 0.349. The van der Waals surface area contributed by atoms with Crippen LogP contribution in [-0.2, 0) is 9.53 Å². The lowest BCUT2D eigenvalue weighted by Crippen LogP contribution is -2.51. The average molecular weight is 370 g/mol. The maximum atomic E-state index is 12.6. The molecule has 0 atom stereocenters. The van der Waals surface area contributed by atoms with E-state index in [1.807, 2.05) is 0 Å². The van der Waals surface area contributed by atoms with Crippen molar-refractivity contribution in [2.75, 3.05) is 31.6 Å². The summed E-state index contributed by atoms with van der Waals surface area (Å²) in [6.45, 7) is 1.36. The van der Waals surface area contributed by atoms with E-state index in [4.69, 9.17) is 4.74 Å². The van der Waals surface area contributed by atoms with Crippen LogP contribution in [0.2, 0.25) is 0 Å². The van der Waals surface area contributed by atoms with Crippen LogP contribution in [0.15, 0.2) is 18.3 Å². The molecule has 1 aromatic rings. The number of aromatic nitrogens is 1. The van der Waals surface area contributed by atoms with Gasteiger partial charge < -0.3 is 14.5 Å². The molecule has 3 rings (SSSR count). The molecule has 1 aliphatic heterocycles. The van der Waals surface area contributed by atoms with Crippen LogP contribution >= 0.6 is 0 Å². The summed E-state index contributed by atoms with van der Waals surface area (Å²) in [6, 6.07) is 5.68. The van der Waals surface area contributed by atoms with E-state index >= 15 is 0 Å². The fourth-order valence-electron chi connectivity index (χ4n) is 3.94. The minimum Gasteiger partial charge on any atom is -0.452 e. The molecule has 7 nitrogen and oxygen atoms in total. The molecule has 0 N–H and O–H groups in total. The number of hydrogen-bond donors (Lipinski definition) is 0.